The maximum Gasteiger partial charge on any atom is 0.321 e. The van der Waals surface area contributed by atoms with E-state index in [1.54, 1.807) is 0 Å². The highest BCUT2D eigenvalue weighted by Gasteiger charge is 2.29. The maximum absolute atomic E-state index is 14.2. The Bertz CT molecular complexity index is 948. The predicted molar refractivity (Wildman–Crippen MR) is 102 cm³/mol. The van der Waals surface area contributed by atoms with Gasteiger partial charge in [0.15, 0.2) is 0 Å². The van der Waals surface area contributed by atoms with E-state index in [0.29, 0.717) is 31.7 Å². The van der Waals surface area contributed by atoms with Crippen LogP contribution in [0.15, 0.2) is 36.4 Å². The summed E-state index contributed by atoms with van der Waals surface area (Å²) in [4.78, 5) is 27.4. The van der Waals surface area contributed by atoms with Gasteiger partial charge in [-0.1, -0.05) is 6.07 Å². The first-order chi connectivity index (χ1) is 13.9. The third-order valence-corrected chi connectivity index (χ3v) is 5.14. The molecule has 0 radical (unpaired) electrons. The standard InChI is InChI=1S/C20H19F3N4O2/c21-15-5-4-13(27-9-7-24-20(27)29)10-14(15)19(28)25-12-6-8-26(11-12)18-16(22)2-1-3-17(18)23/h1-5,10,12H,6-9,11H2,(H,24,29)(H,25,28). The zero-order chi connectivity index (χ0) is 20.5. The number of carbonyl (C=O) groups excluding carboxylic acids is 2. The van der Waals surface area contributed by atoms with E-state index < -0.39 is 23.4 Å². The molecule has 2 fully saturated rings. The van der Waals surface area contributed by atoms with Gasteiger partial charge < -0.3 is 15.5 Å². The van der Waals surface area contributed by atoms with Crippen LogP contribution < -0.4 is 20.4 Å². The monoisotopic (exact) mass is 404 g/mol. The summed E-state index contributed by atoms with van der Waals surface area (Å²) in [5.41, 5.74) is 0.114. The third kappa shape index (κ3) is 3.72. The van der Waals surface area contributed by atoms with Crippen LogP contribution in [0.1, 0.15) is 16.8 Å². The number of benzene rings is 2. The lowest BCUT2D eigenvalue weighted by molar-refractivity contribution is 0.0936. The molecule has 4 rings (SSSR count). The molecule has 0 aliphatic carbocycles. The van der Waals surface area contributed by atoms with Gasteiger partial charge in [0.1, 0.15) is 23.1 Å². The van der Waals surface area contributed by atoms with Crippen LogP contribution >= 0.6 is 0 Å². The van der Waals surface area contributed by atoms with Crippen LogP contribution in [0, 0.1) is 17.5 Å². The maximum atomic E-state index is 14.2. The zero-order valence-corrected chi connectivity index (χ0v) is 15.4. The number of nitrogens with zero attached hydrogens (tertiary/aromatic N) is 2. The summed E-state index contributed by atoms with van der Waals surface area (Å²) in [5, 5.41) is 5.36. The summed E-state index contributed by atoms with van der Waals surface area (Å²) in [7, 11) is 0. The van der Waals surface area contributed by atoms with Crippen molar-refractivity contribution in [3.05, 3.63) is 59.4 Å². The zero-order valence-electron chi connectivity index (χ0n) is 15.4. The number of rotatable bonds is 4. The molecule has 2 aromatic carbocycles. The molecule has 9 heteroatoms. The highest BCUT2D eigenvalue weighted by molar-refractivity contribution is 5.98. The van der Waals surface area contributed by atoms with E-state index in [1.165, 1.54) is 40.1 Å². The van der Waals surface area contributed by atoms with E-state index >= 15 is 0 Å². The minimum Gasteiger partial charge on any atom is -0.365 e. The summed E-state index contributed by atoms with van der Waals surface area (Å²) in [6, 6.07) is 6.87. The topological polar surface area (TPSA) is 64.7 Å². The summed E-state index contributed by atoms with van der Waals surface area (Å²) >= 11 is 0. The van der Waals surface area contributed by atoms with E-state index in [-0.39, 0.29) is 29.9 Å². The molecule has 1 unspecified atom stereocenters. The minimum absolute atomic E-state index is 0.127. The smallest absolute Gasteiger partial charge is 0.321 e. The van der Waals surface area contributed by atoms with Crippen molar-refractivity contribution in [2.45, 2.75) is 12.5 Å². The van der Waals surface area contributed by atoms with E-state index in [1.807, 2.05) is 0 Å². The van der Waals surface area contributed by atoms with Crippen LogP contribution in [-0.4, -0.2) is 44.2 Å². The summed E-state index contributed by atoms with van der Waals surface area (Å²) in [6.45, 7) is 1.47. The molecule has 2 aromatic rings. The Hall–Kier alpha value is -3.23. The van der Waals surface area contributed by atoms with Crippen molar-refractivity contribution >= 4 is 23.3 Å². The molecule has 0 aromatic heterocycles. The van der Waals surface area contributed by atoms with E-state index in [2.05, 4.69) is 10.6 Å². The number of para-hydroxylation sites is 1. The molecule has 1 atom stereocenters. The average molecular weight is 404 g/mol. The lowest BCUT2D eigenvalue weighted by Crippen LogP contribution is -2.38. The number of urea groups is 1. The number of nitrogens with one attached hydrogen (secondary N) is 2. The Balaban J connectivity index is 1.47. The molecule has 2 heterocycles. The molecule has 0 spiro atoms. The van der Waals surface area contributed by atoms with Gasteiger partial charge in [0.25, 0.3) is 5.91 Å². The second-order valence-electron chi connectivity index (χ2n) is 7.02. The first kappa shape index (κ1) is 19.1. The predicted octanol–water partition coefficient (Wildman–Crippen LogP) is 2.64. The first-order valence-electron chi connectivity index (χ1n) is 9.29. The van der Waals surface area contributed by atoms with Gasteiger partial charge in [0, 0.05) is 37.9 Å². The molecule has 152 valence electrons. The van der Waals surface area contributed by atoms with Crippen molar-refractivity contribution in [3.8, 4) is 0 Å². The van der Waals surface area contributed by atoms with Crippen molar-refractivity contribution in [2.24, 2.45) is 0 Å². The van der Waals surface area contributed by atoms with Gasteiger partial charge in [-0.25, -0.2) is 18.0 Å². The van der Waals surface area contributed by atoms with Crippen LogP contribution in [0.5, 0.6) is 0 Å². The Morgan fingerprint density at radius 3 is 2.52 bits per heavy atom. The number of hydrogen-bond acceptors (Lipinski definition) is 3. The van der Waals surface area contributed by atoms with Crippen molar-refractivity contribution in [1.29, 1.82) is 0 Å². The van der Waals surface area contributed by atoms with Gasteiger partial charge in [-0.3, -0.25) is 9.69 Å². The third-order valence-electron chi connectivity index (χ3n) is 5.14. The summed E-state index contributed by atoms with van der Waals surface area (Å²) in [6.07, 6.45) is 0.468. The Morgan fingerprint density at radius 2 is 1.83 bits per heavy atom. The lowest BCUT2D eigenvalue weighted by atomic mass is 10.1. The number of amides is 3. The van der Waals surface area contributed by atoms with Gasteiger partial charge in [-0.2, -0.15) is 0 Å². The van der Waals surface area contributed by atoms with Crippen molar-refractivity contribution in [1.82, 2.24) is 10.6 Å². The number of anilines is 2. The van der Waals surface area contributed by atoms with Crippen molar-refractivity contribution in [3.63, 3.8) is 0 Å². The normalized spacial score (nSPS) is 18.9. The highest BCUT2D eigenvalue weighted by atomic mass is 19.1. The van der Waals surface area contributed by atoms with Crippen LogP contribution in [0.4, 0.5) is 29.3 Å². The summed E-state index contributed by atoms with van der Waals surface area (Å²) in [5.74, 6) is -2.68. The summed E-state index contributed by atoms with van der Waals surface area (Å²) < 4.78 is 42.2. The van der Waals surface area contributed by atoms with Crippen molar-refractivity contribution < 1.29 is 22.8 Å². The van der Waals surface area contributed by atoms with Crippen molar-refractivity contribution in [2.75, 3.05) is 36.0 Å². The number of carbonyl (C=O) groups is 2. The van der Waals surface area contributed by atoms with Gasteiger partial charge in [-0.15, -0.1) is 0 Å². The Kier molecular flexibility index (Phi) is 5.04. The fourth-order valence-corrected chi connectivity index (χ4v) is 3.71. The fourth-order valence-electron chi connectivity index (χ4n) is 3.71. The van der Waals surface area contributed by atoms with Gasteiger partial charge in [0.05, 0.1) is 5.56 Å². The molecule has 6 nitrogen and oxygen atoms in total. The molecule has 2 aliphatic rings. The van der Waals surface area contributed by atoms with Crippen LogP contribution in [0.2, 0.25) is 0 Å². The highest BCUT2D eigenvalue weighted by Crippen LogP contribution is 2.27. The Morgan fingerprint density at radius 1 is 1.07 bits per heavy atom. The van der Waals surface area contributed by atoms with Gasteiger partial charge in [-0.05, 0) is 36.8 Å². The fraction of sp³-hybridized carbons (Fsp3) is 0.300. The molecule has 2 N–H and O–H groups in total. The van der Waals surface area contributed by atoms with Gasteiger partial charge >= 0.3 is 6.03 Å². The largest absolute Gasteiger partial charge is 0.365 e. The Labute approximate surface area is 165 Å². The van der Waals surface area contributed by atoms with E-state index in [0.717, 1.165) is 6.07 Å². The molecule has 3 amide bonds. The molecule has 0 bridgehead atoms. The average Bonchev–Trinajstić information content (AvgIpc) is 3.31. The van der Waals surface area contributed by atoms with Crippen LogP contribution in [0.25, 0.3) is 0 Å². The SMILES string of the molecule is O=C(NC1CCN(c2c(F)cccc2F)C1)c1cc(N2CCNC2=O)ccc1F. The van der Waals surface area contributed by atoms with E-state index in [9.17, 15) is 22.8 Å². The minimum atomic E-state index is -0.708. The second kappa shape index (κ2) is 7.65. The number of hydrogen-bond donors (Lipinski definition) is 2. The molecular weight excluding hydrogens is 385 g/mol. The molecule has 29 heavy (non-hydrogen) atoms. The van der Waals surface area contributed by atoms with E-state index in [4.69, 9.17) is 0 Å². The molecule has 2 saturated heterocycles. The van der Waals surface area contributed by atoms with Crippen LogP contribution in [-0.2, 0) is 0 Å². The number of halogens is 3. The molecule has 0 saturated carbocycles. The second-order valence-corrected chi connectivity index (χ2v) is 7.02. The van der Waals surface area contributed by atoms with Crippen LogP contribution in [0.3, 0.4) is 0 Å². The first-order valence-corrected chi connectivity index (χ1v) is 9.29. The van der Waals surface area contributed by atoms with Gasteiger partial charge in [0.2, 0.25) is 0 Å². The molecule has 2 aliphatic heterocycles. The molecular formula is C20H19F3N4O2. The lowest BCUT2D eigenvalue weighted by Gasteiger charge is -2.20. The quantitative estimate of drug-likeness (QED) is 0.824.